The molecule has 0 spiro atoms. The van der Waals surface area contributed by atoms with E-state index < -0.39 is 10.0 Å². The average molecular weight is 445 g/mol. The molecule has 30 heavy (non-hydrogen) atoms. The molecule has 0 aliphatic carbocycles. The molecule has 0 aliphatic rings. The molecule has 0 heterocycles. The van der Waals surface area contributed by atoms with Gasteiger partial charge in [0.1, 0.15) is 5.75 Å². The van der Waals surface area contributed by atoms with Gasteiger partial charge in [-0.2, -0.15) is 0 Å². The monoisotopic (exact) mass is 444 g/mol. The van der Waals surface area contributed by atoms with Crippen LogP contribution in [0.5, 0.6) is 5.75 Å². The second kappa shape index (κ2) is 9.19. The lowest BCUT2D eigenvalue weighted by molar-refractivity contribution is 0.0950. The van der Waals surface area contributed by atoms with E-state index in [9.17, 15) is 13.2 Å². The Bertz CT molecular complexity index is 1160. The van der Waals surface area contributed by atoms with Crippen molar-refractivity contribution in [3.8, 4) is 5.75 Å². The maximum Gasteiger partial charge on any atom is 0.262 e. The van der Waals surface area contributed by atoms with Crippen molar-refractivity contribution in [1.29, 1.82) is 0 Å². The molecule has 0 aliphatic heterocycles. The fourth-order valence-electron chi connectivity index (χ4n) is 2.83. The zero-order valence-corrected chi connectivity index (χ0v) is 18.0. The van der Waals surface area contributed by atoms with E-state index in [1.807, 2.05) is 12.1 Å². The first-order valence-corrected chi connectivity index (χ1v) is 11.0. The minimum absolute atomic E-state index is 0.0179. The normalized spacial score (nSPS) is 11.0. The highest BCUT2D eigenvalue weighted by molar-refractivity contribution is 7.92. The summed E-state index contributed by atoms with van der Waals surface area (Å²) in [5.41, 5.74) is 2.15. The van der Waals surface area contributed by atoms with Gasteiger partial charge in [0.2, 0.25) is 0 Å². The van der Waals surface area contributed by atoms with Gasteiger partial charge >= 0.3 is 0 Å². The fourth-order valence-corrected chi connectivity index (χ4v) is 4.05. The minimum Gasteiger partial charge on any atom is -0.495 e. The lowest BCUT2D eigenvalue weighted by Crippen LogP contribution is -2.24. The van der Waals surface area contributed by atoms with Gasteiger partial charge in [-0.1, -0.05) is 41.9 Å². The lowest BCUT2D eigenvalue weighted by Gasteiger charge is -2.13. The summed E-state index contributed by atoms with van der Waals surface area (Å²) in [4.78, 5) is 12.7. The van der Waals surface area contributed by atoms with E-state index in [1.54, 1.807) is 49.4 Å². The van der Waals surface area contributed by atoms with E-state index in [0.29, 0.717) is 28.6 Å². The van der Waals surface area contributed by atoms with Gasteiger partial charge in [0, 0.05) is 17.1 Å². The predicted molar refractivity (Wildman–Crippen MR) is 118 cm³/mol. The molecule has 6 nitrogen and oxygen atoms in total. The smallest absolute Gasteiger partial charge is 0.262 e. The Hall–Kier alpha value is -3.03. The molecule has 8 heteroatoms. The van der Waals surface area contributed by atoms with Crippen molar-refractivity contribution < 1.29 is 17.9 Å². The number of benzene rings is 3. The summed E-state index contributed by atoms with van der Waals surface area (Å²) >= 11 is 5.87. The Morgan fingerprint density at radius 3 is 2.43 bits per heavy atom. The standard InChI is InChI=1S/C22H21ClN2O4S/c1-15-7-12-18(30(27,28)25-20-5-3-4-6-21(20)29-2)13-19(15)22(26)24-14-16-8-10-17(23)11-9-16/h3-13,25H,14H2,1-2H3,(H,24,26). The zero-order chi connectivity index (χ0) is 21.7. The van der Waals surface area contributed by atoms with Crippen LogP contribution in [0.15, 0.2) is 71.6 Å². The Balaban J connectivity index is 1.81. The minimum atomic E-state index is -3.92. The van der Waals surface area contributed by atoms with Crippen molar-refractivity contribution in [2.75, 3.05) is 11.8 Å². The largest absolute Gasteiger partial charge is 0.495 e. The third-order valence-corrected chi connectivity index (χ3v) is 6.10. The number of sulfonamides is 1. The van der Waals surface area contributed by atoms with Crippen molar-refractivity contribution in [2.45, 2.75) is 18.4 Å². The van der Waals surface area contributed by atoms with Crippen molar-refractivity contribution in [3.63, 3.8) is 0 Å². The molecule has 3 rings (SSSR count). The quantitative estimate of drug-likeness (QED) is 0.566. The SMILES string of the molecule is COc1ccccc1NS(=O)(=O)c1ccc(C)c(C(=O)NCc2ccc(Cl)cc2)c1. The Labute approximate surface area is 180 Å². The van der Waals surface area contributed by atoms with Crippen molar-refractivity contribution in [3.05, 3.63) is 88.4 Å². The number of anilines is 1. The summed E-state index contributed by atoms with van der Waals surface area (Å²) in [6, 6.07) is 18.2. The Kier molecular flexibility index (Phi) is 6.64. The highest BCUT2D eigenvalue weighted by atomic mass is 35.5. The maximum absolute atomic E-state index is 12.9. The van der Waals surface area contributed by atoms with Gasteiger partial charge < -0.3 is 10.1 Å². The predicted octanol–water partition coefficient (Wildman–Crippen LogP) is 4.39. The molecule has 0 bridgehead atoms. The molecular formula is C22H21ClN2O4S. The molecule has 0 atom stereocenters. The van der Waals surface area contributed by atoms with E-state index in [-0.39, 0.29) is 16.4 Å². The number of carbonyl (C=O) groups excluding carboxylic acids is 1. The van der Waals surface area contributed by atoms with E-state index >= 15 is 0 Å². The Morgan fingerprint density at radius 2 is 1.73 bits per heavy atom. The van der Waals surface area contributed by atoms with E-state index in [2.05, 4.69) is 10.0 Å². The molecule has 0 aromatic heterocycles. The lowest BCUT2D eigenvalue weighted by atomic mass is 10.1. The number of methoxy groups -OCH3 is 1. The van der Waals surface area contributed by atoms with Crippen LogP contribution in [0.1, 0.15) is 21.5 Å². The van der Waals surface area contributed by atoms with Crippen molar-refractivity contribution in [1.82, 2.24) is 5.32 Å². The fraction of sp³-hybridized carbons (Fsp3) is 0.136. The summed E-state index contributed by atoms with van der Waals surface area (Å²) in [5, 5.41) is 3.42. The molecule has 3 aromatic rings. The second-order valence-corrected chi connectivity index (χ2v) is 8.71. The van der Waals surface area contributed by atoms with Crippen LogP contribution in [0.4, 0.5) is 5.69 Å². The highest BCUT2D eigenvalue weighted by Crippen LogP contribution is 2.26. The first-order chi connectivity index (χ1) is 14.3. The molecule has 3 aromatic carbocycles. The van der Waals surface area contributed by atoms with Crippen LogP contribution in [-0.4, -0.2) is 21.4 Å². The molecule has 0 radical (unpaired) electrons. The first kappa shape index (κ1) is 21.7. The second-order valence-electron chi connectivity index (χ2n) is 6.59. The number of para-hydroxylation sites is 2. The summed E-state index contributed by atoms with van der Waals surface area (Å²) in [6.45, 7) is 2.05. The molecule has 156 valence electrons. The van der Waals surface area contributed by atoms with Crippen molar-refractivity contribution in [2.24, 2.45) is 0 Å². The Morgan fingerprint density at radius 1 is 1.03 bits per heavy atom. The molecule has 0 unspecified atom stereocenters. The van der Waals surface area contributed by atoms with Gasteiger partial charge in [-0.3, -0.25) is 9.52 Å². The summed E-state index contributed by atoms with van der Waals surface area (Å²) in [5.74, 6) is 0.0332. The number of carbonyl (C=O) groups is 1. The summed E-state index contributed by atoms with van der Waals surface area (Å²) in [6.07, 6.45) is 0. The molecule has 2 N–H and O–H groups in total. The third kappa shape index (κ3) is 5.11. The molecule has 0 saturated carbocycles. The topological polar surface area (TPSA) is 84.5 Å². The van der Waals surface area contributed by atoms with E-state index in [0.717, 1.165) is 5.56 Å². The summed E-state index contributed by atoms with van der Waals surface area (Å²) < 4.78 is 33.4. The van der Waals surface area contributed by atoms with E-state index in [4.69, 9.17) is 16.3 Å². The first-order valence-electron chi connectivity index (χ1n) is 9.09. The van der Waals surface area contributed by atoms with E-state index in [1.165, 1.54) is 19.2 Å². The van der Waals surface area contributed by atoms with Crippen molar-refractivity contribution >= 4 is 33.2 Å². The van der Waals surface area contributed by atoms with Gasteiger partial charge in [0.05, 0.1) is 17.7 Å². The van der Waals surface area contributed by atoms with Gasteiger partial charge in [-0.15, -0.1) is 0 Å². The van der Waals surface area contributed by atoms with Crippen LogP contribution >= 0.6 is 11.6 Å². The third-order valence-electron chi connectivity index (χ3n) is 4.48. The highest BCUT2D eigenvalue weighted by Gasteiger charge is 2.19. The van der Waals surface area contributed by atoms with Gasteiger partial charge in [0.15, 0.2) is 0 Å². The number of hydrogen-bond donors (Lipinski definition) is 2. The number of hydrogen-bond acceptors (Lipinski definition) is 4. The molecule has 0 saturated heterocycles. The summed E-state index contributed by atoms with van der Waals surface area (Å²) in [7, 11) is -2.45. The number of amides is 1. The number of aryl methyl sites for hydroxylation is 1. The maximum atomic E-state index is 12.9. The van der Waals surface area contributed by atoms with Crippen LogP contribution in [0.2, 0.25) is 5.02 Å². The van der Waals surface area contributed by atoms with Crippen LogP contribution < -0.4 is 14.8 Å². The number of rotatable bonds is 7. The van der Waals surface area contributed by atoms with Gasteiger partial charge in [-0.25, -0.2) is 8.42 Å². The van der Waals surface area contributed by atoms with Gasteiger partial charge in [-0.05, 0) is 54.4 Å². The number of halogens is 1. The average Bonchev–Trinajstić information content (AvgIpc) is 2.73. The molecule has 0 fully saturated rings. The zero-order valence-electron chi connectivity index (χ0n) is 16.5. The number of nitrogens with one attached hydrogen (secondary N) is 2. The molecular weight excluding hydrogens is 424 g/mol. The molecule has 1 amide bonds. The van der Waals surface area contributed by atoms with Gasteiger partial charge in [0.25, 0.3) is 15.9 Å². The van der Waals surface area contributed by atoms with Crippen LogP contribution in [-0.2, 0) is 16.6 Å². The number of ether oxygens (including phenoxy) is 1. The van der Waals surface area contributed by atoms with Crippen LogP contribution in [0.25, 0.3) is 0 Å². The van der Waals surface area contributed by atoms with Crippen LogP contribution in [0, 0.1) is 6.92 Å². The van der Waals surface area contributed by atoms with Crippen LogP contribution in [0.3, 0.4) is 0 Å².